The topological polar surface area (TPSA) is 44.9 Å². The molecule has 1 amide bonds. The van der Waals surface area contributed by atoms with Gasteiger partial charge in [-0.3, -0.25) is 4.79 Å². The van der Waals surface area contributed by atoms with Crippen molar-refractivity contribution in [3.63, 3.8) is 0 Å². The number of hydrogen-bond acceptors (Lipinski definition) is 1. The predicted octanol–water partition coefficient (Wildman–Crippen LogP) is 4.80. The Bertz CT molecular complexity index is 836. The van der Waals surface area contributed by atoms with Gasteiger partial charge in [-0.2, -0.15) is 0 Å². The van der Waals surface area contributed by atoms with Gasteiger partial charge < -0.3 is 10.3 Å². The van der Waals surface area contributed by atoms with E-state index in [-0.39, 0.29) is 5.91 Å². The number of H-pyrrole nitrogens is 1. The lowest BCUT2D eigenvalue weighted by Crippen LogP contribution is -2.13. The molecule has 0 aliphatic rings. The van der Waals surface area contributed by atoms with Crippen molar-refractivity contribution in [1.82, 2.24) is 4.98 Å². The molecule has 1 heterocycles. The number of anilines is 1. The molecule has 3 nitrogen and oxygen atoms in total. The number of fused-ring (bicyclic) bond motifs is 1. The van der Waals surface area contributed by atoms with Gasteiger partial charge in [0, 0.05) is 21.1 Å². The van der Waals surface area contributed by atoms with Gasteiger partial charge in [-0.05, 0) is 49.7 Å². The molecule has 106 valence electrons. The summed E-state index contributed by atoms with van der Waals surface area (Å²) in [5, 5.41) is 4.01. The molecule has 1 aromatic heterocycles. The minimum atomic E-state index is -0.126. The number of halogens is 1. The number of carbonyl (C=O) groups is 1. The Morgan fingerprint density at radius 2 is 1.95 bits per heavy atom. The fraction of sp³-hybridized carbons (Fsp3) is 0.118. The Kier molecular flexibility index (Phi) is 3.55. The third kappa shape index (κ3) is 2.72. The van der Waals surface area contributed by atoms with Gasteiger partial charge in [0.15, 0.2) is 0 Å². The lowest BCUT2D eigenvalue weighted by Gasteiger charge is -2.05. The molecule has 2 aromatic carbocycles. The first-order valence-electron chi connectivity index (χ1n) is 6.70. The highest BCUT2D eigenvalue weighted by molar-refractivity contribution is 9.10. The second-order valence-corrected chi connectivity index (χ2v) is 6.05. The first-order chi connectivity index (χ1) is 10.0. The van der Waals surface area contributed by atoms with Crippen LogP contribution in [-0.2, 0) is 0 Å². The second-order valence-electron chi connectivity index (χ2n) is 5.14. The molecule has 0 atom stereocenters. The summed E-state index contributed by atoms with van der Waals surface area (Å²) in [7, 11) is 0. The molecule has 0 aliphatic carbocycles. The molecule has 0 unspecified atom stereocenters. The van der Waals surface area contributed by atoms with E-state index in [2.05, 4.69) is 32.3 Å². The van der Waals surface area contributed by atoms with Crippen molar-refractivity contribution in [3.8, 4) is 0 Å². The van der Waals surface area contributed by atoms with E-state index >= 15 is 0 Å². The van der Waals surface area contributed by atoms with E-state index in [9.17, 15) is 4.79 Å². The lowest BCUT2D eigenvalue weighted by atomic mass is 10.1. The molecule has 3 aromatic rings. The van der Waals surface area contributed by atoms with Gasteiger partial charge in [-0.15, -0.1) is 0 Å². The SMILES string of the molecule is Cc1ccc2[nH]c(C(=O)Nc3cccc(Br)c3)c(C)c2c1. The summed E-state index contributed by atoms with van der Waals surface area (Å²) in [6.45, 7) is 4.02. The zero-order valence-corrected chi connectivity index (χ0v) is 13.4. The molecule has 0 radical (unpaired) electrons. The minimum absolute atomic E-state index is 0.126. The number of amides is 1. The third-order valence-corrected chi connectivity index (χ3v) is 4.02. The van der Waals surface area contributed by atoms with Crippen LogP contribution in [0.2, 0.25) is 0 Å². The summed E-state index contributed by atoms with van der Waals surface area (Å²) in [5.41, 5.74) is 4.52. The van der Waals surface area contributed by atoms with Crippen LogP contribution in [0.4, 0.5) is 5.69 Å². The second kappa shape index (κ2) is 5.37. The Balaban J connectivity index is 1.96. The van der Waals surface area contributed by atoms with Gasteiger partial charge in [0.25, 0.3) is 5.91 Å². The number of benzene rings is 2. The third-order valence-electron chi connectivity index (χ3n) is 3.52. The van der Waals surface area contributed by atoms with Gasteiger partial charge in [-0.1, -0.05) is 33.6 Å². The minimum Gasteiger partial charge on any atom is -0.350 e. The average Bonchev–Trinajstić information content (AvgIpc) is 2.76. The zero-order valence-electron chi connectivity index (χ0n) is 11.8. The van der Waals surface area contributed by atoms with Crippen LogP contribution in [0.5, 0.6) is 0 Å². The Morgan fingerprint density at radius 1 is 1.14 bits per heavy atom. The van der Waals surface area contributed by atoms with Crippen molar-refractivity contribution in [2.75, 3.05) is 5.32 Å². The highest BCUT2D eigenvalue weighted by Gasteiger charge is 2.15. The van der Waals surface area contributed by atoms with Crippen LogP contribution in [0.1, 0.15) is 21.6 Å². The smallest absolute Gasteiger partial charge is 0.272 e. The molecular formula is C17H15BrN2O. The van der Waals surface area contributed by atoms with E-state index in [4.69, 9.17) is 0 Å². The van der Waals surface area contributed by atoms with Crippen molar-refractivity contribution in [1.29, 1.82) is 0 Å². The maximum Gasteiger partial charge on any atom is 0.272 e. The first-order valence-corrected chi connectivity index (χ1v) is 7.50. The summed E-state index contributed by atoms with van der Waals surface area (Å²) in [4.78, 5) is 15.6. The van der Waals surface area contributed by atoms with E-state index in [1.54, 1.807) is 0 Å². The van der Waals surface area contributed by atoms with Crippen LogP contribution in [0, 0.1) is 13.8 Å². The maximum absolute atomic E-state index is 12.4. The average molecular weight is 343 g/mol. The molecule has 0 aliphatic heterocycles. The van der Waals surface area contributed by atoms with Gasteiger partial charge in [0.2, 0.25) is 0 Å². The van der Waals surface area contributed by atoms with Crippen LogP contribution < -0.4 is 5.32 Å². The van der Waals surface area contributed by atoms with Crippen molar-refractivity contribution in [3.05, 3.63) is 63.8 Å². The number of nitrogens with one attached hydrogen (secondary N) is 2. The van der Waals surface area contributed by atoms with Gasteiger partial charge in [0.1, 0.15) is 5.69 Å². The van der Waals surface area contributed by atoms with Gasteiger partial charge in [-0.25, -0.2) is 0 Å². The van der Waals surface area contributed by atoms with E-state index < -0.39 is 0 Å². The summed E-state index contributed by atoms with van der Waals surface area (Å²) in [6.07, 6.45) is 0. The van der Waals surface area contributed by atoms with E-state index in [1.165, 1.54) is 5.56 Å². The maximum atomic E-state index is 12.4. The van der Waals surface area contributed by atoms with E-state index in [1.807, 2.05) is 50.2 Å². The molecule has 0 saturated heterocycles. The largest absolute Gasteiger partial charge is 0.350 e. The van der Waals surface area contributed by atoms with Crippen molar-refractivity contribution >= 4 is 38.4 Å². The Morgan fingerprint density at radius 3 is 2.71 bits per heavy atom. The summed E-state index contributed by atoms with van der Waals surface area (Å²) < 4.78 is 0.935. The molecule has 0 saturated carbocycles. The van der Waals surface area contributed by atoms with Crippen LogP contribution in [0.15, 0.2) is 46.9 Å². The quantitative estimate of drug-likeness (QED) is 0.690. The summed E-state index contributed by atoms with van der Waals surface area (Å²) >= 11 is 3.40. The van der Waals surface area contributed by atoms with Crippen LogP contribution in [0.25, 0.3) is 10.9 Å². The standard InChI is InChI=1S/C17H15BrN2O/c1-10-6-7-15-14(8-10)11(2)16(20-15)17(21)19-13-5-3-4-12(18)9-13/h3-9,20H,1-2H3,(H,19,21). The summed E-state index contributed by atoms with van der Waals surface area (Å²) in [5.74, 6) is -0.126. The van der Waals surface area contributed by atoms with Crippen molar-refractivity contribution in [2.45, 2.75) is 13.8 Å². The molecule has 0 bridgehead atoms. The van der Waals surface area contributed by atoms with Crippen molar-refractivity contribution in [2.24, 2.45) is 0 Å². The van der Waals surface area contributed by atoms with E-state index in [0.717, 1.165) is 26.6 Å². The molecule has 0 fully saturated rings. The number of aromatic amines is 1. The normalized spacial score (nSPS) is 10.8. The zero-order chi connectivity index (χ0) is 15.0. The first kappa shape index (κ1) is 13.9. The molecule has 0 spiro atoms. The van der Waals surface area contributed by atoms with Gasteiger partial charge in [0.05, 0.1) is 0 Å². The highest BCUT2D eigenvalue weighted by atomic mass is 79.9. The molecule has 21 heavy (non-hydrogen) atoms. The van der Waals surface area contributed by atoms with E-state index in [0.29, 0.717) is 5.69 Å². The molecule has 2 N–H and O–H groups in total. The van der Waals surface area contributed by atoms with Crippen LogP contribution >= 0.6 is 15.9 Å². The van der Waals surface area contributed by atoms with Gasteiger partial charge >= 0.3 is 0 Å². The number of aryl methyl sites for hydroxylation is 2. The highest BCUT2D eigenvalue weighted by Crippen LogP contribution is 2.24. The molecule has 4 heteroatoms. The number of hydrogen-bond donors (Lipinski definition) is 2. The predicted molar refractivity (Wildman–Crippen MR) is 89.9 cm³/mol. The fourth-order valence-corrected chi connectivity index (χ4v) is 2.83. The number of rotatable bonds is 2. The van der Waals surface area contributed by atoms with Crippen LogP contribution in [-0.4, -0.2) is 10.9 Å². The Hall–Kier alpha value is -2.07. The molecular weight excluding hydrogens is 328 g/mol. The lowest BCUT2D eigenvalue weighted by molar-refractivity contribution is 0.102. The monoisotopic (exact) mass is 342 g/mol. The Labute approximate surface area is 131 Å². The van der Waals surface area contributed by atoms with Crippen LogP contribution in [0.3, 0.4) is 0 Å². The summed E-state index contributed by atoms with van der Waals surface area (Å²) in [6, 6.07) is 13.7. The molecule has 3 rings (SSSR count). The number of aromatic nitrogens is 1. The number of carbonyl (C=O) groups excluding carboxylic acids is 1. The fourth-order valence-electron chi connectivity index (χ4n) is 2.43. The van der Waals surface area contributed by atoms with Crippen molar-refractivity contribution < 1.29 is 4.79 Å².